The number of halogens is 1. The fourth-order valence-corrected chi connectivity index (χ4v) is 3.06. The minimum atomic E-state index is -0.217. The van der Waals surface area contributed by atoms with Crippen molar-refractivity contribution in [2.75, 3.05) is 0 Å². The molecule has 18 heavy (non-hydrogen) atoms. The average molecular weight is 261 g/mol. The van der Waals surface area contributed by atoms with Crippen molar-refractivity contribution < 1.29 is 4.39 Å². The van der Waals surface area contributed by atoms with Crippen LogP contribution in [0.5, 0.6) is 0 Å². The van der Waals surface area contributed by atoms with Crippen molar-refractivity contribution in [2.45, 2.75) is 6.04 Å². The van der Waals surface area contributed by atoms with Crippen LogP contribution in [0, 0.1) is 5.82 Å². The predicted octanol–water partition coefficient (Wildman–Crippen LogP) is 2.82. The molecule has 1 aromatic carbocycles. The zero-order valence-corrected chi connectivity index (χ0v) is 10.6. The molecule has 3 rings (SSSR count). The lowest BCUT2D eigenvalue weighted by Crippen LogP contribution is -2.09. The number of thiophene rings is 1. The number of nitrogens with two attached hydrogens (primary N) is 1. The van der Waals surface area contributed by atoms with Crippen LogP contribution in [0.1, 0.15) is 16.5 Å². The van der Waals surface area contributed by atoms with Crippen molar-refractivity contribution >= 4 is 21.4 Å². The van der Waals surface area contributed by atoms with Gasteiger partial charge in [0.15, 0.2) is 0 Å². The van der Waals surface area contributed by atoms with Crippen molar-refractivity contribution in [3.8, 4) is 0 Å². The first kappa shape index (κ1) is 11.4. The standard InChI is InChI=1S/C13H12FN3S/c1-17-7-9(6-16-17)13(15)12-4-8-2-3-10(14)5-11(8)18-12/h2-7,13H,15H2,1H3. The van der Waals surface area contributed by atoms with Crippen LogP contribution >= 0.6 is 11.3 Å². The summed E-state index contributed by atoms with van der Waals surface area (Å²) in [5.74, 6) is -0.217. The smallest absolute Gasteiger partial charge is 0.124 e. The van der Waals surface area contributed by atoms with E-state index in [-0.39, 0.29) is 11.9 Å². The Bertz CT molecular complexity index is 701. The fraction of sp³-hybridized carbons (Fsp3) is 0.154. The van der Waals surface area contributed by atoms with Gasteiger partial charge >= 0.3 is 0 Å². The van der Waals surface area contributed by atoms with Gasteiger partial charge in [-0.3, -0.25) is 4.68 Å². The molecule has 0 spiro atoms. The first-order valence-electron chi connectivity index (χ1n) is 5.56. The summed E-state index contributed by atoms with van der Waals surface area (Å²) in [4.78, 5) is 1.02. The van der Waals surface area contributed by atoms with E-state index in [9.17, 15) is 4.39 Å². The SMILES string of the molecule is Cn1cc(C(N)c2cc3ccc(F)cc3s2)cn1. The van der Waals surface area contributed by atoms with E-state index in [0.717, 1.165) is 20.5 Å². The summed E-state index contributed by atoms with van der Waals surface area (Å²) in [7, 11) is 1.86. The Morgan fingerprint density at radius 2 is 2.22 bits per heavy atom. The van der Waals surface area contributed by atoms with Crippen LogP contribution in [0.15, 0.2) is 36.7 Å². The molecule has 0 fully saturated rings. The largest absolute Gasteiger partial charge is 0.320 e. The third kappa shape index (κ3) is 1.91. The fourth-order valence-electron chi connectivity index (χ4n) is 1.94. The summed E-state index contributed by atoms with van der Waals surface area (Å²) >= 11 is 1.52. The second kappa shape index (κ2) is 4.19. The minimum absolute atomic E-state index is 0.209. The molecule has 0 aliphatic rings. The second-order valence-corrected chi connectivity index (χ2v) is 5.37. The van der Waals surface area contributed by atoms with E-state index >= 15 is 0 Å². The third-order valence-electron chi connectivity index (χ3n) is 2.89. The number of rotatable bonds is 2. The highest BCUT2D eigenvalue weighted by molar-refractivity contribution is 7.19. The van der Waals surface area contributed by atoms with Gasteiger partial charge in [0.05, 0.1) is 12.2 Å². The van der Waals surface area contributed by atoms with E-state index in [4.69, 9.17) is 5.73 Å². The van der Waals surface area contributed by atoms with Gasteiger partial charge in [0.1, 0.15) is 5.82 Å². The molecule has 0 saturated heterocycles. The maximum Gasteiger partial charge on any atom is 0.124 e. The van der Waals surface area contributed by atoms with E-state index in [2.05, 4.69) is 5.10 Å². The van der Waals surface area contributed by atoms with Crippen LogP contribution in [0.2, 0.25) is 0 Å². The van der Waals surface area contributed by atoms with Crippen LogP contribution < -0.4 is 5.73 Å². The summed E-state index contributed by atoms with van der Waals surface area (Å²) in [6.45, 7) is 0. The summed E-state index contributed by atoms with van der Waals surface area (Å²) in [5.41, 5.74) is 7.16. The van der Waals surface area contributed by atoms with Gasteiger partial charge in [-0.25, -0.2) is 4.39 Å². The Kier molecular flexibility index (Phi) is 2.65. The van der Waals surface area contributed by atoms with Gasteiger partial charge in [-0.2, -0.15) is 5.10 Å². The van der Waals surface area contributed by atoms with Crippen LogP contribution in [-0.2, 0) is 7.05 Å². The average Bonchev–Trinajstić information content (AvgIpc) is 2.93. The highest BCUT2D eigenvalue weighted by atomic mass is 32.1. The second-order valence-electron chi connectivity index (χ2n) is 4.26. The quantitative estimate of drug-likeness (QED) is 0.771. The van der Waals surface area contributed by atoms with Gasteiger partial charge in [0, 0.05) is 28.4 Å². The molecule has 3 nitrogen and oxygen atoms in total. The summed E-state index contributed by atoms with van der Waals surface area (Å²) in [6, 6.07) is 6.59. The Morgan fingerprint density at radius 1 is 1.39 bits per heavy atom. The van der Waals surface area contributed by atoms with Crippen molar-refractivity contribution in [3.63, 3.8) is 0 Å². The normalized spacial score (nSPS) is 13.1. The van der Waals surface area contributed by atoms with Crippen LogP contribution in [-0.4, -0.2) is 9.78 Å². The monoisotopic (exact) mass is 261 g/mol. The number of hydrogen-bond acceptors (Lipinski definition) is 3. The first-order chi connectivity index (χ1) is 8.63. The molecule has 0 bridgehead atoms. The predicted molar refractivity (Wildman–Crippen MR) is 71.0 cm³/mol. The van der Waals surface area contributed by atoms with E-state index in [1.54, 1.807) is 23.0 Å². The topological polar surface area (TPSA) is 43.8 Å². The minimum Gasteiger partial charge on any atom is -0.320 e. The highest BCUT2D eigenvalue weighted by Gasteiger charge is 2.14. The lowest BCUT2D eigenvalue weighted by Gasteiger charge is -2.05. The molecule has 2 aromatic heterocycles. The number of fused-ring (bicyclic) bond motifs is 1. The Labute approximate surface area is 108 Å². The maximum atomic E-state index is 13.1. The summed E-state index contributed by atoms with van der Waals surface area (Å²) in [5, 5.41) is 5.14. The number of hydrogen-bond donors (Lipinski definition) is 1. The Hall–Kier alpha value is -1.72. The van der Waals surface area contributed by atoms with E-state index in [1.807, 2.05) is 19.3 Å². The number of nitrogens with zero attached hydrogens (tertiary/aromatic N) is 2. The van der Waals surface area contributed by atoms with Crippen LogP contribution in [0.3, 0.4) is 0 Å². The molecule has 3 aromatic rings. The molecule has 1 atom stereocenters. The lowest BCUT2D eigenvalue weighted by molar-refractivity contribution is 0.630. The van der Waals surface area contributed by atoms with E-state index < -0.39 is 0 Å². The van der Waals surface area contributed by atoms with Crippen molar-refractivity contribution in [1.29, 1.82) is 0 Å². The van der Waals surface area contributed by atoms with Gasteiger partial charge in [-0.1, -0.05) is 6.07 Å². The molecule has 2 heterocycles. The molecule has 0 saturated carbocycles. The Morgan fingerprint density at radius 3 is 2.94 bits per heavy atom. The maximum absolute atomic E-state index is 13.1. The Balaban J connectivity index is 2.03. The van der Waals surface area contributed by atoms with E-state index in [1.165, 1.54) is 17.4 Å². The molecule has 0 amide bonds. The molecular weight excluding hydrogens is 249 g/mol. The molecule has 1 unspecified atom stereocenters. The molecule has 0 radical (unpaired) electrons. The summed E-state index contributed by atoms with van der Waals surface area (Å²) < 4.78 is 15.8. The van der Waals surface area contributed by atoms with Gasteiger partial charge < -0.3 is 5.73 Å². The highest BCUT2D eigenvalue weighted by Crippen LogP contribution is 2.32. The van der Waals surface area contributed by atoms with Crippen LogP contribution in [0.4, 0.5) is 4.39 Å². The molecular formula is C13H12FN3S. The molecule has 0 aliphatic heterocycles. The van der Waals surface area contributed by atoms with Gasteiger partial charge in [-0.05, 0) is 23.6 Å². The van der Waals surface area contributed by atoms with Crippen molar-refractivity contribution in [2.24, 2.45) is 12.8 Å². The zero-order chi connectivity index (χ0) is 12.7. The van der Waals surface area contributed by atoms with Crippen molar-refractivity contribution in [1.82, 2.24) is 9.78 Å². The number of aromatic nitrogens is 2. The van der Waals surface area contributed by atoms with Crippen molar-refractivity contribution in [3.05, 3.63) is 52.9 Å². The van der Waals surface area contributed by atoms with E-state index in [0.29, 0.717) is 0 Å². The zero-order valence-electron chi connectivity index (χ0n) is 9.80. The molecule has 0 aliphatic carbocycles. The molecule has 5 heteroatoms. The molecule has 2 N–H and O–H groups in total. The third-order valence-corrected chi connectivity index (χ3v) is 4.07. The first-order valence-corrected chi connectivity index (χ1v) is 6.38. The van der Waals surface area contributed by atoms with Gasteiger partial charge in [0.2, 0.25) is 0 Å². The lowest BCUT2D eigenvalue weighted by atomic mass is 10.1. The number of benzene rings is 1. The number of aryl methyl sites for hydroxylation is 1. The summed E-state index contributed by atoms with van der Waals surface area (Å²) in [6.07, 6.45) is 3.66. The van der Waals surface area contributed by atoms with Gasteiger partial charge in [-0.15, -0.1) is 11.3 Å². The molecule has 92 valence electrons. The van der Waals surface area contributed by atoms with Crippen LogP contribution in [0.25, 0.3) is 10.1 Å². The van der Waals surface area contributed by atoms with Gasteiger partial charge in [0.25, 0.3) is 0 Å².